The minimum absolute atomic E-state index is 0.0436. The van der Waals surface area contributed by atoms with Gasteiger partial charge in [0.2, 0.25) is 0 Å². The van der Waals surface area contributed by atoms with Gasteiger partial charge in [0.05, 0.1) is 22.4 Å². The second-order valence-electron chi connectivity index (χ2n) is 18.1. The minimum Gasteiger partial charge on any atom is -0.456 e. The van der Waals surface area contributed by atoms with Crippen LogP contribution in [-0.2, 0) is 16.2 Å². The lowest BCUT2D eigenvalue weighted by Crippen LogP contribution is -2.21. The molecule has 2 heteroatoms. The lowest BCUT2D eigenvalue weighted by molar-refractivity contribution is 0.559. The first-order valence-corrected chi connectivity index (χ1v) is 19.7. The van der Waals surface area contributed by atoms with E-state index < -0.39 is 0 Å². The molecule has 1 heterocycles. The molecule has 1 aliphatic rings. The molecule has 270 valence electrons. The van der Waals surface area contributed by atoms with E-state index in [1.54, 1.807) is 0 Å². The quantitative estimate of drug-likeness (QED) is 0.170. The van der Waals surface area contributed by atoms with Crippen LogP contribution in [0.15, 0.2) is 144 Å². The number of anilines is 3. The summed E-state index contributed by atoms with van der Waals surface area (Å²) >= 11 is 0. The Morgan fingerprint density at radius 1 is 0.473 bits per heavy atom. The third-order valence-corrected chi connectivity index (χ3v) is 12.3. The maximum atomic E-state index is 7.01. The van der Waals surface area contributed by atoms with Gasteiger partial charge < -0.3 is 9.32 Å². The fourth-order valence-electron chi connectivity index (χ4n) is 9.60. The highest BCUT2D eigenvalue weighted by atomic mass is 16.3. The number of fused-ring (bicyclic) bond motifs is 12. The van der Waals surface area contributed by atoms with Crippen LogP contribution in [0.5, 0.6) is 0 Å². The van der Waals surface area contributed by atoms with Crippen molar-refractivity contribution in [3.05, 3.63) is 162 Å². The molecule has 0 aliphatic heterocycles. The van der Waals surface area contributed by atoms with Crippen molar-refractivity contribution in [2.45, 2.75) is 71.6 Å². The highest BCUT2D eigenvalue weighted by molar-refractivity contribution is 6.29. The molecule has 0 N–H and O–H groups in total. The summed E-state index contributed by atoms with van der Waals surface area (Å²) in [6.45, 7) is 18.6. The van der Waals surface area contributed by atoms with Gasteiger partial charge in [-0.25, -0.2) is 0 Å². The average molecular weight is 714 g/mol. The summed E-state index contributed by atoms with van der Waals surface area (Å²) in [7, 11) is 0. The molecule has 0 radical (unpaired) electrons. The molecule has 0 unspecified atom stereocenters. The molecule has 0 fully saturated rings. The second kappa shape index (κ2) is 11.6. The lowest BCUT2D eigenvalue weighted by Gasteiger charge is -2.33. The van der Waals surface area contributed by atoms with Gasteiger partial charge in [0.1, 0.15) is 11.2 Å². The van der Waals surface area contributed by atoms with E-state index in [1.807, 2.05) is 0 Å². The fourth-order valence-corrected chi connectivity index (χ4v) is 9.60. The van der Waals surface area contributed by atoms with Crippen LogP contribution in [-0.4, -0.2) is 0 Å². The van der Waals surface area contributed by atoms with E-state index in [-0.39, 0.29) is 16.2 Å². The van der Waals surface area contributed by atoms with E-state index in [0.29, 0.717) is 0 Å². The molecule has 8 aromatic carbocycles. The van der Waals surface area contributed by atoms with Gasteiger partial charge in [0.15, 0.2) is 0 Å². The number of hydrogen-bond acceptors (Lipinski definition) is 2. The summed E-state index contributed by atoms with van der Waals surface area (Å²) in [5.74, 6) is 0. The third kappa shape index (κ3) is 4.87. The molecular formula is C53H47NO. The number of rotatable bonds is 3. The molecule has 0 spiro atoms. The largest absolute Gasteiger partial charge is 0.456 e. The normalized spacial score (nSPS) is 14.0. The Bertz CT molecular complexity index is 2990. The highest BCUT2D eigenvalue weighted by Gasteiger charge is 2.39. The molecule has 0 saturated heterocycles. The van der Waals surface area contributed by atoms with Gasteiger partial charge in [0, 0.05) is 21.8 Å². The number of nitrogens with zero attached hydrogens (tertiary/aromatic N) is 1. The van der Waals surface area contributed by atoms with Crippen molar-refractivity contribution in [2.75, 3.05) is 4.90 Å². The standard InChI is InChI=1S/C53H47NO/c1-51(2,3)32-30-40-48-44(27-17-29-46(48)55-50(40)42(31-32)52(4,5)6)54(45-28-16-24-39-36-21-13-14-25-41(36)53(7,8)49(39)45)43-26-15-23-38-35-19-10-9-18-33(35)34-20-11-12-22-37(34)47(38)43/h9-31H,1-8H3. The first-order chi connectivity index (χ1) is 26.3. The smallest absolute Gasteiger partial charge is 0.139 e. The molecule has 0 bridgehead atoms. The molecule has 10 rings (SSSR count). The van der Waals surface area contributed by atoms with E-state index in [0.717, 1.165) is 27.9 Å². The van der Waals surface area contributed by atoms with Gasteiger partial charge in [-0.1, -0.05) is 165 Å². The molecule has 0 atom stereocenters. The van der Waals surface area contributed by atoms with Gasteiger partial charge >= 0.3 is 0 Å². The second-order valence-corrected chi connectivity index (χ2v) is 18.1. The number of hydrogen-bond donors (Lipinski definition) is 0. The summed E-state index contributed by atoms with van der Waals surface area (Å²) in [4.78, 5) is 2.58. The van der Waals surface area contributed by atoms with E-state index in [9.17, 15) is 0 Å². The van der Waals surface area contributed by atoms with Gasteiger partial charge in [-0.3, -0.25) is 0 Å². The Kier molecular flexibility index (Phi) is 7.09. The maximum Gasteiger partial charge on any atom is 0.139 e. The third-order valence-electron chi connectivity index (χ3n) is 12.3. The van der Waals surface area contributed by atoms with Crippen molar-refractivity contribution < 1.29 is 4.42 Å². The molecule has 1 aromatic heterocycles. The Morgan fingerprint density at radius 2 is 1.00 bits per heavy atom. The summed E-state index contributed by atoms with van der Waals surface area (Å²) < 4.78 is 7.01. The van der Waals surface area contributed by atoms with Crippen LogP contribution < -0.4 is 4.90 Å². The van der Waals surface area contributed by atoms with Crippen molar-refractivity contribution >= 4 is 71.3 Å². The zero-order valence-electron chi connectivity index (χ0n) is 33.1. The summed E-state index contributed by atoms with van der Waals surface area (Å²) in [5, 5.41) is 9.86. The molecular weight excluding hydrogens is 667 g/mol. The van der Waals surface area contributed by atoms with Crippen molar-refractivity contribution in [1.82, 2.24) is 0 Å². The van der Waals surface area contributed by atoms with Crippen LogP contribution in [0.25, 0.3) is 65.4 Å². The van der Waals surface area contributed by atoms with Crippen LogP contribution in [0, 0.1) is 0 Å². The first kappa shape index (κ1) is 33.7. The SMILES string of the molecule is CC(C)(C)c1cc(C(C)(C)C)c2oc3cccc(N(c4cccc5c4C(C)(C)c4ccccc4-5)c4cccc5c6ccccc6c6ccccc6c45)c3c2c1. The van der Waals surface area contributed by atoms with Crippen molar-refractivity contribution in [1.29, 1.82) is 0 Å². The predicted molar refractivity (Wildman–Crippen MR) is 236 cm³/mol. The van der Waals surface area contributed by atoms with E-state index in [4.69, 9.17) is 4.42 Å². The maximum absolute atomic E-state index is 7.01. The van der Waals surface area contributed by atoms with E-state index >= 15 is 0 Å². The predicted octanol–water partition coefficient (Wildman–Crippen LogP) is 15.4. The average Bonchev–Trinajstić information content (AvgIpc) is 3.67. The number of furan rings is 1. The van der Waals surface area contributed by atoms with Crippen LogP contribution in [0.1, 0.15) is 77.6 Å². The fraction of sp³-hybridized carbons (Fsp3) is 0.208. The Hall–Kier alpha value is -5.86. The number of benzene rings is 8. The van der Waals surface area contributed by atoms with Gasteiger partial charge in [0.25, 0.3) is 0 Å². The first-order valence-electron chi connectivity index (χ1n) is 19.7. The topological polar surface area (TPSA) is 16.4 Å². The monoisotopic (exact) mass is 713 g/mol. The Morgan fingerprint density at radius 3 is 1.67 bits per heavy atom. The van der Waals surface area contributed by atoms with Crippen LogP contribution in [0.4, 0.5) is 17.1 Å². The van der Waals surface area contributed by atoms with Crippen molar-refractivity contribution in [3.8, 4) is 11.1 Å². The molecule has 0 amide bonds. The van der Waals surface area contributed by atoms with Crippen LogP contribution >= 0.6 is 0 Å². The van der Waals surface area contributed by atoms with Gasteiger partial charge in [-0.15, -0.1) is 0 Å². The van der Waals surface area contributed by atoms with E-state index in [1.165, 1.54) is 76.8 Å². The van der Waals surface area contributed by atoms with E-state index in [2.05, 4.69) is 200 Å². The highest BCUT2D eigenvalue weighted by Crippen LogP contribution is 2.56. The molecule has 1 aliphatic carbocycles. The zero-order valence-corrected chi connectivity index (χ0v) is 33.1. The van der Waals surface area contributed by atoms with Gasteiger partial charge in [-0.2, -0.15) is 0 Å². The molecule has 55 heavy (non-hydrogen) atoms. The molecule has 0 saturated carbocycles. The van der Waals surface area contributed by atoms with Crippen molar-refractivity contribution in [3.63, 3.8) is 0 Å². The summed E-state index contributed by atoms with van der Waals surface area (Å²) in [6, 6.07) is 52.0. The van der Waals surface area contributed by atoms with Gasteiger partial charge in [-0.05, 0) is 95.9 Å². The Labute approximate surface area is 324 Å². The molecule has 2 nitrogen and oxygen atoms in total. The lowest BCUT2D eigenvalue weighted by atomic mass is 9.79. The zero-order chi connectivity index (χ0) is 38.0. The van der Waals surface area contributed by atoms with Crippen LogP contribution in [0.2, 0.25) is 0 Å². The Balaban J connectivity index is 1.40. The minimum atomic E-state index is -0.231. The van der Waals surface area contributed by atoms with Crippen LogP contribution in [0.3, 0.4) is 0 Å². The summed E-state index contributed by atoms with van der Waals surface area (Å²) in [5.41, 5.74) is 12.8. The molecule has 9 aromatic rings. The summed E-state index contributed by atoms with van der Waals surface area (Å²) in [6.07, 6.45) is 0. The van der Waals surface area contributed by atoms with Crippen molar-refractivity contribution in [2.24, 2.45) is 0 Å².